The van der Waals surface area contributed by atoms with Gasteiger partial charge in [0.1, 0.15) is 0 Å². The van der Waals surface area contributed by atoms with E-state index in [-0.39, 0.29) is 16.9 Å². The van der Waals surface area contributed by atoms with E-state index in [1.807, 2.05) is 0 Å². The third-order valence-corrected chi connectivity index (χ3v) is 7.16. The minimum absolute atomic E-state index is 0.104. The average Bonchev–Trinajstić information content (AvgIpc) is 3.13. The molecule has 4 heteroatoms. The standard InChI is InChI=1S/C23H34NOSSi/c1-22(2,3)21(25-27(4)5)23(20-9-7-6-8-10-20)12-14-24(15-13-23)17-19-11-16-26-18-19/h6-11,16,18,21H,12-15,17H2,1-5H3. The minimum atomic E-state index is -0.775. The topological polar surface area (TPSA) is 12.5 Å². The van der Waals surface area contributed by atoms with Gasteiger partial charge in [-0.15, -0.1) is 0 Å². The molecule has 1 atom stereocenters. The van der Waals surface area contributed by atoms with E-state index < -0.39 is 9.04 Å². The van der Waals surface area contributed by atoms with Crippen LogP contribution in [0.2, 0.25) is 13.1 Å². The molecule has 1 aromatic carbocycles. The molecule has 0 N–H and O–H groups in total. The fourth-order valence-electron chi connectivity index (χ4n) is 4.58. The third-order valence-electron chi connectivity index (χ3n) is 5.73. The summed E-state index contributed by atoms with van der Waals surface area (Å²) in [6, 6.07) is 13.4. The molecule has 3 rings (SSSR count). The molecule has 1 aromatic heterocycles. The molecular formula is C23H34NOSSi. The van der Waals surface area contributed by atoms with Gasteiger partial charge >= 0.3 is 0 Å². The van der Waals surface area contributed by atoms with Crippen molar-refractivity contribution >= 4 is 20.4 Å². The quantitative estimate of drug-likeness (QED) is 0.554. The number of hydrogen-bond acceptors (Lipinski definition) is 3. The van der Waals surface area contributed by atoms with Gasteiger partial charge in [0.2, 0.25) is 9.04 Å². The molecule has 1 radical (unpaired) electrons. The smallest absolute Gasteiger partial charge is 0.205 e. The first-order chi connectivity index (χ1) is 12.8. The maximum Gasteiger partial charge on any atom is 0.205 e. The first-order valence-corrected chi connectivity index (χ1v) is 13.4. The fourth-order valence-corrected chi connectivity index (χ4v) is 6.29. The Kier molecular flexibility index (Phi) is 6.62. The maximum absolute atomic E-state index is 6.74. The average molecular weight is 401 g/mol. The lowest BCUT2D eigenvalue weighted by Crippen LogP contribution is -2.55. The molecule has 2 heterocycles. The van der Waals surface area contributed by atoms with Crippen LogP contribution in [0.3, 0.4) is 0 Å². The van der Waals surface area contributed by atoms with E-state index in [0.717, 1.165) is 32.5 Å². The minimum Gasteiger partial charge on any atom is -0.413 e. The molecule has 1 aliphatic rings. The van der Waals surface area contributed by atoms with Crippen molar-refractivity contribution in [2.45, 2.75) is 64.8 Å². The van der Waals surface area contributed by atoms with Crippen LogP contribution in [0.15, 0.2) is 47.2 Å². The second kappa shape index (κ2) is 8.60. The molecule has 1 saturated heterocycles. The summed E-state index contributed by atoms with van der Waals surface area (Å²) >= 11 is 1.80. The van der Waals surface area contributed by atoms with E-state index in [1.54, 1.807) is 11.3 Å². The third kappa shape index (κ3) is 4.92. The van der Waals surface area contributed by atoms with Gasteiger partial charge in [0, 0.05) is 12.0 Å². The lowest BCUT2D eigenvalue weighted by molar-refractivity contribution is -0.0212. The van der Waals surface area contributed by atoms with Crippen molar-refractivity contribution in [2.24, 2.45) is 5.41 Å². The number of benzene rings is 1. The second-order valence-electron chi connectivity index (χ2n) is 9.20. The van der Waals surface area contributed by atoms with Crippen LogP contribution in [0.4, 0.5) is 0 Å². The molecule has 0 saturated carbocycles. The zero-order valence-electron chi connectivity index (χ0n) is 17.5. The highest BCUT2D eigenvalue weighted by molar-refractivity contribution is 7.07. The van der Waals surface area contributed by atoms with E-state index in [0.29, 0.717) is 0 Å². The number of likely N-dealkylation sites (tertiary alicyclic amines) is 1. The summed E-state index contributed by atoms with van der Waals surface area (Å²) in [7, 11) is -0.775. The van der Waals surface area contributed by atoms with E-state index in [2.05, 4.69) is 85.9 Å². The lowest BCUT2D eigenvalue weighted by atomic mass is 9.62. The summed E-state index contributed by atoms with van der Waals surface area (Å²) in [6.45, 7) is 14.9. The highest BCUT2D eigenvalue weighted by Gasteiger charge is 2.48. The van der Waals surface area contributed by atoms with Crippen LogP contribution in [0.1, 0.15) is 44.7 Å². The summed E-state index contributed by atoms with van der Waals surface area (Å²) in [4.78, 5) is 2.62. The monoisotopic (exact) mass is 400 g/mol. The van der Waals surface area contributed by atoms with Crippen molar-refractivity contribution in [3.63, 3.8) is 0 Å². The van der Waals surface area contributed by atoms with Gasteiger partial charge in [0.15, 0.2) is 0 Å². The van der Waals surface area contributed by atoms with Gasteiger partial charge in [-0.25, -0.2) is 0 Å². The molecule has 0 spiro atoms. The molecule has 1 aliphatic heterocycles. The molecule has 2 aromatic rings. The molecule has 27 heavy (non-hydrogen) atoms. The number of piperidine rings is 1. The Labute approximate surface area is 171 Å². The Morgan fingerprint density at radius 2 is 1.78 bits per heavy atom. The van der Waals surface area contributed by atoms with Crippen LogP contribution in [0, 0.1) is 5.41 Å². The zero-order valence-corrected chi connectivity index (χ0v) is 19.3. The molecule has 147 valence electrons. The number of hydrogen-bond donors (Lipinski definition) is 0. The summed E-state index contributed by atoms with van der Waals surface area (Å²) in [5, 5.41) is 4.46. The molecule has 2 nitrogen and oxygen atoms in total. The van der Waals surface area contributed by atoms with Crippen LogP contribution in [0.25, 0.3) is 0 Å². The van der Waals surface area contributed by atoms with Gasteiger partial charge in [-0.2, -0.15) is 11.3 Å². The van der Waals surface area contributed by atoms with Crippen molar-refractivity contribution in [1.82, 2.24) is 4.90 Å². The van der Waals surface area contributed by atoms with Crippen molar-refractivity contribution in [3.8, 4) is 0 Å². The zero-order chi connectivity index (χ0) is 19.5. The summed E-state index contributed by atoms with van der Waals surface area (Å²) < 4.78 is 6.74. The number of nitrogens with zero attached hydrogens (tertiary/aromatic N) is 1. The Morgan fingerprint density at radius 1 is 1.11 bits per heavy atom. The van der Waals surface area contributed by atoms with E-state index in [4.69, 9.17) is 4.43 Å². The van der Waals surface area contributed by atoms with Crippen molar-refractivity contribution < 1.29 is 4.43 Å². The van der Waals surface area contributed by atoms with Crippen LogP contribution >= 0.6 is 11.3 Å². The van der Waals surface area contributed by atoms with Gasteiger partial charge < -0.3 is 4.43 Å². The van der Waals surface area contributed by atoms with E-state index in [1.165, 1.54) is 11.1 Å². The normalized spacial score (nSPS) is 19.3. The van der Waals surface area contributed by atoms with Crippen LogP contribution < -0.4 is 0 Å². The summed E-state index contributed by atoms with van der Waals surface area (Å²) in [5.74, 6) is 0. The highest BCUT2D eigenvalue weighted by atomic mass is 32.1. The molecule has 0 bridgehead atoms. The highest BCUT2D eigenvalue weighted by Crippen LogP contribution is 2.46. The summed E-state index contributed by atoms with van der Waals surface area (Å²) in [5.41, 5.74) is 3.13. The first kappa shape index (κ1) is 20.8. The van der Waals surface area contributed by atoms with E-state index >= 15 is 0 Å². The van der Waals surface area contributed by atoms with Crippen molar-refractivity contribution in [2.75, 3.05) is 13.1 Å². The summed E-state index contributed by atoms with van der Waals surface area (Å²) in [6.07, 6.45) is 2.58. The van der Waals surface area contributed by atoms with Crippen molar-refractivity contribution in [1.29, 1.82) is 0 Å². The predicted octanol–water partition coefficient (Wildman–Crippen LogP) is 5.96. The van der Waals surface area contributed by atoms with Crippen molar-refractivity contribution in [3.05, 3.63) is 58.3 Å². The Hall–Kier alpha value is -0.943. The molecule has 1 unspecified atom stereocenters. The fraction of sp³-hybridized carbons (Fsp3) is 0.565. The largest absolute Gasteiger partial charge is 0.413 e. The van der Waals surface area contributed by atoms with Crippen LogP contribution in [-0.2, 0) is 16.4 Å². The lowest BCUT2D eigenvalue weighted by Gasteiger charge is -2.52. The second-order valence-corrected chi connectivity index (χ2v) is 12.0. The van der Waals surface area contributed by atoms with Crippen LogP contribution in [-0.4, -0.2) is 33.1 Å². The van der Waals surface area contributed by atoms with Gasteiger partial charge in [0.05, 0.1) is 6.10 Å². The first-order valence-electron chi connectivity index (χ1n) is 10.1. The van der Waals surface area contributed by atoms with Gasteiger partial charge in [0.25, 0.3) is 0 Å². The number of thiophene rings is 1. The molecule has 0 amide bonds. The van der Waals surface area contributed by atoms with Crippen LogP contribution in [0.5, 0.6) is 0 Å². The Morgan fingerprint density at radius 3 is 2.30 bits per heavy atom. The van der Waals surface area contributed by atoms with E-state index in [9.17, 15) is 0 Å². The Bertz CT molecular complexity index is 685. The van der Waals surface area contributed by atoms with Gasteiger partial charge in [-0.05, 0) is 72.4 Å². The van der Waals surface area contributed by atoms with Gasteiger partial charge in [-0.3, -0.25) is 4.90 Å². The predicted molar refractivity (Wildman–Crippen MR) is 119 cm³/mol. The van der Waals surface area contributed by atoms with Gasteiger partial charge in [-0.1, -0.05) is 51.1 Å². The molecular weight excluding hydrogens is 366 g/mol. The molecule has 1 fully saturated rings. The molecule has 0 aliphatic carbocycles. The maximum atomic E-state index is 6.74. The number of rotatable bonds is 6. The SMILES string of the molecule is C[Si](C)OC(C(C)(C)C)C1(c2ccccc2)CCN(Cc2ccsc2)CC1. The Balaban J connectivity index is 1.88.